The standard InChI is InChI=1S/C15H23ClN2SSi/c1-14(2,3)17-13(12-10-8-7-9-11-12)18(20(16)19)15(4,5)6/h7-11H,1-6H3. The van der Waals surface area contributed by atoms with Crippen LogP contribution in [-0.4, -0.2) is 28.5 Å². The van der Waals surface area contributed by atoms with Gasteiger partial charge in [0.1, 0.15) is 5.84 Å². The molecule has 1 aromatic carbocycles. The topological polar surface area (TPSA) is 15.6 Å². The average molecular weight is 327 g/mol. The summed E-state index contributed by atoms with van der Waals surface area (Å²) in [6, 6.07) is 10.1. The van der Waals surface area contributed by atoms with E-state index in [9.17, 15) is 0 Å². The summed E-state index contributed by atoms with van der Waals surface area (Å²) in [5.74, 6) is 0.893. The minimum atomic E-state index is -1.59. The molecule has 0 fully saturated rings. The van der Waals surface area contributed by atoms with Crippen molar-refractivity contribution in [1.29, 1.82) is 0 Å². The Morgan fingerprint density at radius 2 is 1.60 bits per heavy atom. The van der Waals surface area contributed by atoms with Crippen molar-refractivity contribution in [3.8, 4) is 0 Å². The largest absolute Gasteiger partial charge is 0.338 e. The molecule has 0 radical (unpaired) electrons. The Hall–Kier alpha value is -0.583. The van der Waals surface area contributed by atoms with Gasteiger partial charge in [-0.3, -0.25) is 4.99 Å². The minimum absolute atomic E-state index is 0.155. The molecule has 0 bridgehead atoms. The molecule has 0 heterocycles. The fourth-order valence-electron chi connectivity index (χ4n) is 1.81. The number of aliphatic imine (C=N–C) groups is 1. The zero-order valence-electron chi connectivity index (χ0n) is 13.1. The first-order chi connectivity index (χ1) is 9.02. The molecule has 0 aliphatic rings. The Morgan fingerprint density at radius 3 is 1.95 bits per heavy atom. The molecule has 1 rings (SSSR count). The number of halogens is 1. The van der Waals surface area contributed by atoms with Crippen LogP contribution >= 0.6 is 22.7 Å². The lowest BCUT2D eigenvalue weighted by molar-refractivity contribution is 0.359. The highest BCUT2D eigenvalue weighted by Gasteiger charge is 2.30. The van der Waals surface area contributed by atoms with Crippen molar-refractivity contribution in [3.63, 3.8) is 0 Å². The molecule has 0 aliphatic heterocycles. The number of rotatable bonds is 2. The molecule has 0 saturated heterocycles. The number of amidine groups is 1. The van der Waals surface area contributed by atoms with Crippen molar-refractivity contribution in [2.45, 2.75) is 52.6 Å². The van der Waals surface area contributed by atoms with Gasteiger partial charge in [-0.15, -0.1) is 0 Å². The summed E-state index contributed by atoms with van der Waals surface area (Å²) >= 11 is 11.8. The molecule has 0 aromatic heterocycles. The fraction of sp³-hybridized carbons (Fsp3) is 0.533. The third-order valence-electron chi connectivity index (χ3n) is 2.53. The van der Waals surface area contributed by atoms with Gasteiger partial charge in [0.25, 0.3) is 0 Å². The average Bonchev–Trinajstić information content (AvgIpc) is 2.25. The zero-order valence-corrected chi connectivity index (χ0v) is 15.6. The van der Waals surface area contributed by atoms with Gasteiger partial charge in [0.15, 0.2) is 0 Å². The maximum atomic E-state index is 6.36. The molecule has 0 saturated carbocycles. The fourth-order valence-corrected chi connectivity index (χ4v) is 4.77. The van der Waals surface area contributed by atoms with E-state index >= 15 is 0 Å². The molecule has 1 aromatic rings. The SMILES string of the molecule is CC(C)(C)N=C(c1ccccc1)N([Si](=S)Cl)C(C)(C)C. The van der Waals surface area contributed by atoms with E-state index in [2.05, 4.69) is 58.2 Å². The first-order valence-corrected chi connectivity index (χ1v) is 10.3. The molecule has 5 heteroatoms. The van der Waals surface area contributed by atoms with Crippen LogP contribution in [0.5, 0.6) is 0 Å². The first kappa shape index (κ1) is 17.5. The highest BCUT2D eigenvalue weighted by molar-refractivity contribution is 7.92. The summed E-state index contributed by atoms with van der Waals surface area (Å²) in [6.07, 6.45) is 0. The van der Waals surface area contributed by atoms with E-state index in [0.717, 1.165) is 11.4 Å². The maximum absolute atomic E-state index is 6.36. The van der Waals surface area contributed by atoms with E-state index in [1.807, 2.05) is 18.2 Å². The Bertz CT molecular complexity index is 501. The molecular weight excluding hydrogens is 304 g/mol. The van der Waals surface area contributed by atoms with Crippen LogP contribution in [0.3, 0.4) is 0 Å². The highest BCUT2D eigenvalue weighted by atomic mass is 35.6. The van der Waals surface area contributed by atoms with Gasteiger partial charge in [0, 0.05) is 11.1 Å². The molecule has 0 N–H and O–H groups in total. The lowest BCUT2D eigenvalue weighted by atomic mass is 10.1. The van der Waals surface area contributed by atoms with E-state index in [0.29, 0.717) is 0 Å². The van der Waals surface area contributed by atoms with Gasteiger partial charge in [0.05, 0.1) is 5.54 Å². The Kier molecular flexibility index (Phi) is 5.64. The molecular formula is C15H23ClN2SSi. The van der Waals surface area contributed by atoms with Gasteiger partial charge >= 0.3 is 6.98 Å². The van der Waals surface area contributed by atoms with Crippen LogP contribution in [0.1, 0.15) is 47.1 Å². The van der Waals surface area contributed by atoms with E-state index < -0.39 is 6.98 Å². The summed E-state index contributed by atoms with van der Waals surface area (Å²) < 4.78 is 2.09. The van der Waals surface area contributed by atoms with Crippen molar-refractivity contribution < 1.29 is 0 Å². The third kappa shape index (κ3) is 5.07. The highest BCUT2D eigenvalue weighted by Crippen LogP contribution is 2.22. The van der Waals surface area contributed by atoms with Crippen molar-refractivity contribution in [2.24, 2.45) is 4.99 Å². The normalized spacial score (nSPS) is 13.2. The quantitative estimate of drug-likeness (QED) is 0.337. The summed E-state index contributed by atoms with van der Waals surface area (Å²) in [6.45, 7) is 11.0. The number of nitrogens with zero attached hydrogens (tertiary/aromatic N) is 2. The lowest BCUT2D eigenvalue weighted by Gasteiger charge is -2.38. The zero-order chi connectivity index (χ0) is 15.6. The monoisotopic (exact) mass is 326 g/mol. The van der Waals surface area contributed by atoms with Crippen LogP contribution in [0.2, 0.25) is 0 Å². The minimum Gasteiger partial charge on any atom is -0.338 e. The lowest BCUT2D eigenvalue weighted by Crippen LogP contribution is -2.49. The van der Waals surface area contributed by atoms with Crippen LogP contribution in [0.25, 0.3) is 0 Å². The summed E-state index contributed by atoms with van der Waals surface area (Å²) in [5.41, 5.74) is 0.723. The van der Waals surface area contributed by atoms with Crippen molar-refractivity contribution in [2.75, 3.05) is 0 Å². The van der Waals surface area contributed by atoms with E-state index in [1.54, 1.807) is 0 Å². The van der Waals surface area contributed by atoms with Gasteiger partial charge in [0.2, 0.25) is 0 Å². The van der Waals surface area contributed by atoms with Gasteiger partial charge in [-0.2, -0.15) is 0 Å². The summed E-state index contributed by atoms with van der Waals surface area (Å²) in [4.78, 5) is 4.88. The third-order valence-corrected chi connectivity index (χ3v) is 4.82. The van der Waals surface area contributed by atoms with Gasteiger partial charge in [-0.05, 0) is 41.5 Å². The maximum Gasteiger partial charge on any atom is 0.323 e. The second-order valence-corrected chi connectivity index (χ2v) is 10.6. The van der Waals surface area contributed by atoms with Crippen LogP contribution in [0.4, 0.5) is 0 Å². The van der Waals surface area contributed by atoms with E-state index in [-0.39, 0.29) is 11.1 Å². The molecule has 20 heavy (non-hydrogen) atoms. The van der Waals surface area contributed by atoms with Crippen LogP contribution in [0, 0.1) is 0 Å². The molecule has 0 aliphatic carbocycles. The van der Waals surface area contributed by atoms with Crippen molar-refractivity contribution in [1.82, 2.24) is 4.57 Å². The number of hydrogen-bond donors (Lipinski definition) is 0. The molecule has 0 unspecified atom stereocenters. The second kappa shape index (κ2) is 6.46. The number of hydrogen-bond acceptors (Lipinski definition) is 2. The van der Waals surface area contributed by atoms with Crippen LogP contribution in [-0.2, 0) is 0 Å². The van der Waals surface area contributed by atoms with Crippen LogP contribution < -0.4 is 0 Å². The number of benzene rings is 1. The molecule has 0 atom stereocenters. The summed E-state index contributed by atoms with van der Waals surface area (Å²) in [5, 5.41) is 0. The first-order valence-electron chi connectivity index (χ1n) is 6.67. The van der Waals surface area contributed by atoms with E-state index in [4.69, 9.17) is 27.7 Å². The van der Waals surface area contributed by atoms with Crippen molar-refractivity contribution >= 4 is 35.5 Å². The Morgan fingerprint density at radius 1 is 1.10 bits per heavy atom. The Balaban J connectivity index is 3.46. The predicted octanol–water partition coefficient (Wildman–Crippen LogP) is 4.75. The van der Waals surface area contributed by atoms with E-state index in [1.165, 1.54) is 0 Å². The second-order valence-electron chi connectivity index (χ2n) is 6.73. The predicted molar refractivity (Wildman–Crippen MR) is 93.5 cm³/mol. The molecule has 0 amide bonds. The van der Waals surface area contributed by atoms with Gasteiger partial charge in [-0.1, -0.05) is 53.0 Å². The van der Waals surface area contributed by atoms with Gasteiger partial charge in [-0.25, -0.2) is 0 Å². The molecule has 110 valence electrons. The van der Waals surface area contributed by atoms with Gasteiger partial charge < -0.3 is 4.57 Å². The smallest absolute Gasteiger partial charge is 0.323 e. The van der Waals surface area contributed by atoms with Crippen molar-refractivity contribution in [3.05, 3.63) is 35.9 Å². The molecule has 2 nitrogen and oxygen atoms in total. The molecule has 0 spiro atoms. The Labute approximate surface area is 133 Å². The summed E-state index contributed by atoms with van der Waals surface area (Å²) in [7, 11) is 0. The van der Waals surface area contributed by atoms with Crippen LogP contribution in [0.15, 0.2) is 35.3 Å².